The quantitative estimate of drug-likeness (QED) is 0.294. The Morgan fingerprint density at radius 1 is 0.783 bits per heavy atom. The van der Waals surface area contributed by atoms with E-state index in [0.717, 1.165) is 25.7 Å². The van der Waals surface area contributed by atoms with Gasteiger partial charge in [-0.25, -0.2) is 4.79 Å². The lowest BCUT2D eigenvalue weighted by molar-refractivity contribution is -0.120. The maximum absolute atomic E-state index is 11.1. The molecular weight excluding hydrogens is 290 g/mol. The summed E-state index contributed by atoms with van der Waals surface area (Å²) in [6.07, 6.45) is 19.4. The molecule has 0 aromatic rings. The monoisotopic (exact) mass is 325 g/mol. The SMILES string of the molecule is CCCCCCCC/C=C\CCCCCCCC(=O)NC(=O)O. The second-order valence-corrected chi connectivity index (χ2v) is 6.19. The first kappa shape index (κ1) is 21.7. The average Bonchev–Trinajstić information content (AvgIpc) is 2.50. The number of imide groups is 1. The molecule has 23 heavy (non-hydrogen) atoms. The molecule has 0 rings (SSSR count). The number of rotatable bonds is 15. The summed E-state index contributed by atoms with van der Waals surface area (Å²) in [5, 5.41) is 10.2. The summed E-state index contributed by atoms with van der Waals surface area (Å²) in [7, 11) is 0. The summed E-state index contributed by atoms with van der Waals surface area (Å²) in [6.45, 7) is 2.25. The van der Waals surface area contributed by atoms with Gasteiger partial charge in [0.2, 0.25) is 5.91 Å². The van der Waals surface area contributed by atoms with Gasteiger partial charge in [0.15, 0.2) is 0 Å². The molecule has 0 radical (unpaired) electrons. The Balaban J connectivity index is 3.19. The van der Waals surface area contributed by atoms with E-state index in [9.17, 15) is 9.59 Å². The molecule has 0 aromatic carbocycles. The number of hydrogen-bond donors (Lipinski definition) is 2. The Bertz CT molecular complexity index is 327. The number of carboxylic acid groups (broad SMARTS) is 1. The van der Waals surface area contributed by atoms with Crippen LogP contribution in [0.5, 0.6) is 0 Å². The molecule has 0 aliphatic heterocycles. The van der Waals surface area contributed by atoms with Crippen LogP contribution in [-0.2, 0) is 4.79 Å². The van der Waals surface area contributed by atoms with Crippen molar-refractivity contribution >= 4 is 12.0 Å². The molecule has 2 amide bonds. The van der Waals surface area contributed by atoms with Crippen molar-refractivity contribution in [1.82, 2.24) is 5.32 Å². The topological polar surface area (TPSA) is 66.4 Å². The standard InChI is InChI=1S/C19H35NO3/c1-2-3-4-5-6-7-8-9-10-11-12-13-14-15-16-17-18(21)20-19(22)23/h9-10H,2-8,11-17H2,1H3,(H,20,21)(H,22,23)/b10-9-. The predicted octanol–water partition coefficient (Wildman–Crippen LogP) is 5.82. The van der Waals surface area contributed by atoms with Gasteiger partial charge in [0.25, 0.3) is 0 Å². The number of carbonyl (C=O) groups excluding carboxylic acids is 1. The van der Waals surface area contributed by atoms with E-state index >= 15 is 0 Å². The van der Waals surface area contributed by atoms with Gasteiger partial charge < -0.3 is 5.11 Å². The van der Waals surface area contributed by atoms with Crippen molar-refractivity contribution < 1.29 is 14.7 Å². The van der Waals surface area contributed by atoms with E-state index < -0.39 is 12.0 Å². The molecule has 0 saturated carbocycles. The lowest BCUT2D eigenvalue weighted by Crippen LogP contribution is -2.28. The molecule has 2 N–H and O–H groups in total. The first-order valence-corrected chi connectivity index (χ1v) is 9.34. The highest BCUT2D eigenvalue weighted by Crippen LogP contribution is 2.09. The number of amides is 2. The summed E-state index contributed by atoms with van der Waals surface area (Å²) in [4.78, 5) is 21.3. The molecule has 0 saturated heterocycles. The molecule has 0 bridgehead atoms. The molecule has 134 valence electrons. The molecule has 0 unspecified atom stereocenters. The second-order valence-electron chi connectivity index (χ2n) is 6.19. The van der Waals surface area contributed by atoms with Crippen molar-refractivity contribution in [2.24, 2.45) is 0 Å². The Labute approximate surface area is 141 Å². The number of hydrogen-bond acceptors (Lipinski definition) is 2. The summed E-state index contributed by atoms with van der Waals surface area (Å²) >= 11 is 0. The van der Waals surface area contributed by atoms with Crippen molar-refractivity contribution in [2.75, 3.05) is 0 Å². The highest BCUT2D eigenvalue weighted by Gasteiger charge is 2.04. The summed E-state index contributed by atoms with van der Waals surface area (Å²) < 4.78 is 0. The van der Waals surface area contributed by atoms with Gasteiger partial charge in [0.05, 0.1) is 0 Å². The van der Waals surface area contributed by atoms with Crippen LogP contribution in [0.1, 0.15) is 96.8 Å². The van der Waals surface area contributed by atoms with Crippen molar-refractivity contribution in [3.63, 3.8) is 0 Å². The molecule has 0 aromatic heterocycles. The van der Waals surface area contributed by atoms with Gasteiger partial charge >= 0.3 is 6.09 Å². The maximum Gasteiger partial charge on any atom is 0.411 e. The van der Waals surface area contributed by atoms with E-state index in [4.69, 9.17) is 5.11 Å². The zero-order valence-electron chi connectivity index (χ0n) is 14.8. The second kappa shape index (κ2) is 17.0. The van der Waals surface area contributed by atoms with Gasteiger partial charge in [-0.15, -0.1) is 0 Å². The van der Waals surface area contributed by atoms with E-state index in [-0.39, 0.29) is 0 Å². The Morgan fingerprint density at radius 2 is 1.26 bits per heavy atom. The average molecular weight is 325 g/mol. The summed E-state index contributed by atoms with van der Waals surface area (Å²) in [5.74, 6) is -0.393. The van der Waals surface area contributed by atoms with Crippen molar-refractivity contribution in [2.45, 2.75) is 96.8 Å². The molecule has 0 heterocycles. The molecular formula is C19H35NO3. The number of carbonyl (C=O) groups is 2. The van der Waals surface area contributed by atoms with Crippen LogP contribution in [0.15, 0.2) is 12.2 Å². The molecule has 0 aliphatic carbocycles. The van der Waals surface area contributed by atoms with E-state index in [1.54, 1.807) is 0 Å². The molecule has 4 heteroatoms. The van der Waals surface area contributed by atoms with Crippen LogP contribution in [0.3, 0.4) is 0 Å². The highest BCUT2D eigenvalue weighted by atomic mass is 16.4. The minimum atomic E-state index is -1.26. The zero-order valence-corrected chi connectivity index (χ0v) is 14.8. The first-order chi connectivity index (χ1) is 11.2. The van der Waals surface area contributed by atoms with E-state index in [1.165, 1.54) is 57.8 Å². The predicted molar refractivity (Wildman–Crippen MR) is 95.6 cm³/mol. The fourth-order valence-electron chi connectivity index (χ4n) is 2.54. The van der Waals surface area contributed by atoms with Gasteiger partial charge in [-0.2, -0.15) is 0 Å². The normalized spacial score (nSPS) is 11.0. The number of unbranched alkanes of at least 4 members (excludes halogenated alkanes) is 11. The molecule has 0 spiro atoms. The number of nitrogens with one attached hydrogen (secondary N) is 1. The first-order valence-electron chi connectivity index (χ1n) is 9.34. The van der Waals surface area contributed by atoms with E-state index in [2.05, 4.69) is 19.1 Å². The third-order valence-corrected chi connectivity index (χ3v) is 3.91. The van der Waals surface area contributed by atoms with Gasteiger partial charge in [0.1, 0.15) is 0 Å². The van der Waals surface area contributed by atoms with Gasteiger partial charge in [-0.1, -0.05) is 70.4 Å². The largest absolute Gasteiger partial charge is 0.465 e. The zero-order chi connectivity index (χ0) is 17.2. The minimum Gasteiger partial charge on any atom is -0.465 e. The van der Waals surface area contributed by atoms with Crippen LogP contribution in [0.25, 0.3) is 0 Å². The highest BCUT2D eigenvalue weighted by molar-refractivity contribution is 5.90. The maximum atomic E-state index is 11.1. The van der Waals surface area contributed by atoms with E-state index in [1.807, 2.05) is 5.32 Å². The van der Waals surface area contributed by atoms with Crippen molar-refractivity contribution in [3.05, 3.63) is 12.2 Å². The van der Waals surface area contributed by atoms with Gasteiger partial charge in [0, 0.05) is 6.42 Å². The third-order valence-electron chi connectivity index (χ3n) is 3.91. The van der Waals surface area contributed by atoms with Crippen LogP contribution in [0, 0.1) is 0 Å². The van der Waals surface area contributed by atoms with Gasteiger partial charge in [-0.3, -0.25) is 10.1 Å². The van der Waals surface area contributed by atoms with E-state index in [0.29, 0.717) is 6.42 Å². The van der Waals surface area contributed by atoms with Crippen LogP contribution >= 0.6 is 0 Å². The third kappa shape index (κ3) is 18.6. The van der Waals surface area contributed by atoms with Crippen LogP contribution in [0.2, 0.25) is 0 Å². The molecule has 0 atom stereocenters. The van der Waals surface area contributed by atoms with Crippen LogP contribution < -0.4 is 5.32 Å². The fraction of sp³-hybridized carbons (Fsp3) is 0.789. The fourth-order valence-corrected chi connectivity index (χ4v) is 2.54. The molecule has 0 fully saturated rings. The molecule has 4 nitrogen and oxygen atoms in total. The smallest absolute Gasteiger partial charge is 0.411 e. The van der Waals surface area contributed by atoms with Crippen LogP contribution in [-0.4, -0.2) is 17.1 Å². The lowest BCUT2D eigenvalue weighted by atomic mass is 10.1. The van der Waals surface area contributed by atoms with Crippen LogP contribution in [0.4, 0.5) is 4.79 Å². The summed E-state index contributed by atoms with van der Waals surface area (Å²) in [6, 6.07) is 0. The molecule has 0 aliphatic rings. The van der Waals surface area contributed by atoms with Gasteiger partial charge in [-0.05, 0) is 32.1 Å². The summed E-state index contributed by atoms with van der Waals surface area (Å²) in [5.41, 5.74) is 0. The Hall–Kier alpha value is -1.32. The van der Waals surface area contributed by atoms with Crippen molar-refractivity contribution in [1.29, 1.82) is 0 Å². The van der Waals surface area contributed by atoms with Crippen molar-refractivity contribution in [3.8, 4) is 0 Å². The Kier molecular flexibility index (Phi) is 16.1. The lowest BCUT2D eigenvalue weighted by Gasteiger charge is -2.01. The number of allylic oxidation sites excluding steroid dienone is 2. The minimum absolute atomic E-state index is 0.310. The Morgan fingerprint density at radius 3 is 1.78 bits per heavy atom.